The highest BCUT2D eigenvalue weighted by atomic mass is 16.5. The quantitative estimate of drug-likeness (QED) is 0.751. The monoisotopic (exact) mass is 276 g/mol. The number of terminal acetylenes is 1. The second kappa shape index (κ2) is 8.83. The van der Waals surface area contributed by atoms with Crippen molar-refractivity contribution in [1.82, 2.24) is 5.32 Å². The maximum absolute atomic E-state index is 11.8. The largest absolute Gasteiger partial charge is 0.481 e. The van der Waals surface area contributed by atoms with Gasteiger partial charge in [-0.15, -0.1) is 6.42 Å². The maximum Gasteiger partial charge on any atom is 0.319 e. The Morgan fingerprint density at radius 3 is 2.95 bits per heavy atom. The molecule has 1 rings (SSSR count). The predicted molar refractivity (Wildman–Crippen MR) is 78.9 cm³/mol. The molecule has 1 aromatic carbocycles. The van der Waals surface area contributed by atoms with Crippen LogP contribution in [0.4, 0.5) is 10.5 Å². The van der Waals surface area contributed by atoms with Crippen molar-refractivity contribution in [3.8, 4) is 18.1 Å². The summed E-state index contributed by atoms with van der Waals surface area (Å²) in [5, 5.41) is 5.58. The summed E-state index contributed by atoms with van der Waals surface area (Å²) in [5.74, 6) is 3.00. The summed E-state index contributed by atoms with van der Waals surface area (Å²) < 4.78 is 10.3. The topological polar surface area (TPSA) is 59.6 Å². The number of carbonyl (C=O) groups excluding carboxylic acids is 1. The van der Waals surface area contributed by atoms with Crippen LogP contribution in [0.2, 0.25) is 0 Å². The molecule has 0 aliphatic heterocycles. The Hall–Kier alpha value is -2.19. The van der Waals surface area contributed by atoms with Crippen molar-refractivity contribution in [3.05, 3.63) is 24.3 Å². The van der Waals surface area contributed by atoms with E-state index in [-0.39, 0.29) is 18.7 Å². The molecule has 0 fully saturated rings. The second-order valence-electron chi connectivity index (χ2n) is 4.18. The molecule has 20 heavy (non-hydrogen) atoms. The molecule has 0 bridgehead atoms. The van der Waals surface area contributed by atoms with Crippen LogP contribution in [-0.4, -0.2) is 32.4 Å². The van der Waals surface area contributed by atoms with Crippen molar-refractivity contribution in [2.75, 3.05) is 25.6 Å². The van der Waals surface area contributed by atoms with E-state index in [0.29, 0.717) is 18.0 Å². The van der Waals surface area contributed by atoms with Crippen LogP contribution >= 0.6 is 0 Å². The summed E-state index contributed by atoms with van der Waals surface area (Å²) >= 11 is 0. The minimum Gasteiger partial charge on any atom is -0.481 e. The number of hydrogen-bond donors (Lipinski definition) is 2. The molecule has 0 aliphatic carbocycles. The zero-order valence-corrected chi connectivity index (χ0v) is 11.8. The summed E-state index contributed by atoms with van der Waals surface area (Å²) in [5.41, 5.74) is 0.643. The van der Waals surface area contributed by atoms with Crippen LogP contribution in [0.25, 0.3) is 0 Å². The number of carbonyl (C=O) groups is 1. The van der Waals surface area contributed by atoms with Crippen LogP contribution in [0.3, 0.4) is 0 Å². The molecule has 0 aromatic heterocycles. The van der Waals surface area contributed by atoms with Crippen molar-refractivity contribution in [2.45, 2.75) is 19.4 Å². The van der Waals surface area contributed by atoms with Gasteiger partial charge < -0.3 is 20.1 Å². The lowest BCUT2D eigenvalue weighted by atomic mass is 10.2. The van der Waals surface area contributed by atoms with Crippen molar-refractivity contribution < 1.29 is 14.3 Å². The maximum atomic E-state index is 11.8. The number of benzene rings is 1. The van der Waals surface area contributed by atoms with E-state index in [0.717, 1.165) is 6.42 Å². The van der Waals surface area contributed by atoms with Crippen molar-refractivity contribution >= 4 is 11.7 Å². The third-order valence-electron chi connectivity index (χ3n) is 2.61. The van der Waals surface area contributed by atoms with Crippen molar-refractivity contribution in [1.29, 1.82) is 0 Å². The lowest BCUT2D eigenvalue weighted by molar-refractivity contribution is 0.165. The van der Waals surface area contributed by atoms with E-state index in [9.17, 15) is 4.79 Å². The van der Waals surface area contributed by atoms with Crippen LogP contribution in [0, 0.1) is 12.3 Å². The van der Waals surface area contributed by atoms with Gasteiger partial charge in [0, 0.05) is 18.9 Å². The molecular weight excluding hydrogens is 256 g/mol. The molecular formula is C15H20N2O3. The molecule has 5 heteroatoms. The first-order chi connectivity index (χ1) is 9.69. The minimum absolute atomic E-state index is 0.0131. The smallest absolute Gasteiger partial charge is 0.319 e. The Morgan fingerprint density at radius 2 is 2.30 bits per heavy atom. The molecule has 0 spiro atoms. The van der Waals surface area contributed by atoms with Gasteiger partial charge in [-0.3, -0.25) is 0 Å². The molecule has 108 valence electrons. The first-order valence-electron chi connectivity index (χ1n) is 6.42. The molecule has 0 saturated carbocycles. The van der Waals surface area contributed by atoms with Gasteiger partial charge in [-0.1, -0.05) is 18.9 Å². The van der Waals surface area contributed by atoms with E-state index in [2.05, 4.69) is 16.6 Å². The van der Waals surface area contributed by atoms with E-state index in [4.69, 9.17) is 15.9 Å². The van der Waals surface area contributed by atoms with Crippen LogP contribution in [0.1, 0.15) is 13.3 Å². The van der Waals surface area contributed by atoms with Gasteiger partial charge in [-0.2, -0.15) is 0 Å². The molecule has 0 heterocycles. The summed E-state index contributed by atoms with van der Waals surface area (Å²) in [6.07, 6.45) is 5.93. The zero-order valence-electron chi connectivity index (χ0n) is 11.8. The lowest BCUT2D eigenvalue weighted by Crippen LogP contribution is -2.40. The Kier molecular flexibility index (Phi) is 7.01. The number of ether oxygens (including phenoxy) is 2. The highest BCUT2D eigenvalue weighted by Crippen LogP contribution is 2.17. The standard InChI is InChI=1S/C15H20N2O3/c1-4-9-20-14-8-6-7-13(10-14)17-15(18)16-12(5-2)11-19-3/h1,6-8,10,12H,5,9,11H2,2-3H3,(H2,16,17,18)/t12-/m0/s1. The first kappa shape index (κ1) is 15.9. The number of nitrogens with one attached hydrogen (secondary N) is 2. The summed E-state index contributed by atoms with van der Waals surface area (Å²) in [6.45, 7) is 2.66. The van der Waals surface area contributed by atoms with E-state index in [1.54, 1.807) is 31.4 Å². The Bertz CT molecular complexity index is 468. The van der Waals surface area contributed by atoms with E-state index in [1.807, 2.05) is 6.92 Å². The third kappa shape index (κ3) is 5.63. The minimum atomic E-state index is -0.275. The van der Waals surface area contributed by atoms with Crippen LogP contribution < -0.4 is 15.4 Å². The van der Waals surface area contributed by atoms with Crippen molar-refractivity contribution in [3.63, 3.8) is 0 Å². The molecule has 5 nitrogen and oxygen atoms in total. The Labute approximate surface area is 119 Å². The molecule has 2 N–H and O–H groups in total. The number of rotatable bonds is 7. The van der Waals surface area contributed by atoms with Crippen LogP contribution in [-0.2, 0) is 4.74 Å². The molecule has 0 unspecified atom stereocenters. The third-order valence-corrected chi connectivity index (χ3v) is 2.61. The molecule has 0 saturated heterocycles. The number of urea groups is 1. The first-order valence-corrected chi connectivity index (χ1v) is 6.42. The number of amides is 2. The number of methoxy groups -OCH3 is 1. The van der Waals surface area contributed by atoms with Gasteiger partial charge in [-0.05, 0) is 18.6 Å². The number of hydrogen-bond acceptors (Lipinski definition) is 3. The Morgan fingerprint density at radius 1 is 1.50 bits per heavy atom. The highest BCUT2D eigenvalue weighted by Gasteiger charge is 2.10. The SMILES string of the molecule is C#CCOc1cccc(NC(=O)N[C@@H](CC)COC)c1. The predicted octanol–water partition coefficient (Wildman–Crippen LogP) is 2.25. The van der Waals surface area contributed by atoms with Gasteiger partial charge in [0.25, 0.3) is 0 Å². The van der Waals surface area contributed by atoms with Crippen LogP contribution in [0.15, 0.2) is 24.3 Å². The normalized spacial score (nSPS) is 11.2. The molecule has 1 atom stereocenters. The van der Waals surface area contributed by atoms with Gasteiger partial charge >= 0.3 is 6.03 Å². The fourth-order valence-electron chi connectivity index (χ4n) is 1.60. The summed E-state index contributed by atoms with van der Waals surface area (Å²) in [4.78, 5) is 11.8. The summed E-state index contributed by atoms with van der Waals surface area (Å²) in [6, 6.07) is 6.77. The molecule has 1 aromatic rings. The fourth-order valence-corrected chi connectivity index (χ4v) is 1.60. The van der Waals surface area contributed by atoms with Gasteiger partial charge in [0.1, 0.15) is 12.4 Å². The lowest BCUT2D eigenvalue weighted by Gasteiger charge is -2.16. The fraction of sp³-hybridized carbons (Fsp3) is 0.400. The van der Waals surface area contributed by atoms with E-state index >= 15 is 0 Å². The summed E-state index contributed by atoms with van der Waals surface area (Å²) in [7, 11) is 1.61. The van der Waals surface area contributed by atoms with Crippen LogP contribution in [0.5, 0.6) is 5.75 Å². The van der Waals surface area contributed by atoms with Crippen molar-refractivity contribution in [2.24, 2.45) is 0 Å². The molecule has 0 aliphatic rings. The van der Waals surface area contributed by atoms with Gasteiger partial charge in [0.05, 0.1) is 12.6 Å². The Balaban J connectivity index is 2.55. The van der Waals surface area contributed by atoms with Gasteiger partial charge in [0.2, 0.25) is 0 Å². The molecule has 0 radical (unpaired) electrons. The highest BCUT2D eigenvalue weighted by molar-refractivity contribution is 5.89. The second-order valence-corrected chi connectivity index (χ2v) is 4.18. The average Bonchev–Trinajstić information content (AvgIpc) is 2.45. The van der Waals surface area contributed by atoms with E-state index in [1.165, 1.54) is 0 Å². The number of anilines is 1. The van der Waals surface area contributed by atoms with E-state index < -0.39 is 0 Å². The van der Waals surface area contributed by atoms with Gasteiger partial charge in [0.15, 0.2) is 0 Å². The zero-order chi connectivity index (χ0) is 14.8. The van der Waals surface area contributed by atoms with Gasteiger partial charge in [-0.25, -0.2) is 4.79 Å². The average molecular weight is 276 g/mol. The molecule has 2 amide bonds.